The monoisotopic (exact) mass is 890 g/mol. The number of hydrogen-bond donors (Lipinski definition) is 0. The van der Waals surface area contributed by atoms with Crippen LogP contribution >= 0.6 is 0 Å². The molecule has 52 heavy (non-hydrogen) atoms. The molecule has 0 aliphatic heterocycles. The first-order chi connectivity index (χ1) is 24.2. The molecule has 0 amide bonds. The van der Waals surface area contributed by atoms with E-state index in [0.717, 1.165) is 41.7 Å². The van der Waals surface area contributed by atoms with Crippen molar-refractivity contribution >= 4 is 17.1 Å². The zero-order valence-electron chi connectivity index (χ0n) is 28.8. The van der Waals surface area contributed by atoms with E-state index in [0.29, 0.717) is 17.1 Å². The van der Waals surface area contributed by atoms with Crippen molar-refractivity contribution in [2.24, 2.45) is 0 Å². The second-order valence-electron chi connectivity index (χ2n) is 11.9. The van der Waals surface area contributed by atoms with Crippen LogP contribution in [0.15, 0.2) is 79.1 Å². The molecular formula is C39H31F6IrN6. The van der Waals surface area contributed by atoms with E-state index in [1.807, 2.05) is 50.1 Å². The Hall–Kier alpha value is -5.26. The molecule has 0 radical (unpaired) electrons. The Balaban J connectivity index is 0.000000228. The van der Waals surface area contributed by atoms with Crippen LogP contribution in [0.3, 0.4) is 0 Å². The predicted octanol–water partition coefficient (Wildman–Crippen LogP) is 8.66. The predicted molar refractivity (Wildman–Crippen MR) is 187 cm³/mol. The Labute approximate surface area is 311 Å². The summed E-state index contributed by atoms with van der Waals surface area (Å²) in [4.78, 5) is 18.1. The van der Waals surface area contributed by atoms with Gasteiger partial charge in [0.25, 0.3) is 0 Å². The summed E-state index contributed by atoms with van der Waals surface area (Å²) in [5, 5.41) is 0. The first kappa shape index (κ1) is 39.5. The molecule has 0 spiro atoms. The molecule has 0 aliphatic rings. The molecule has 6 nitrogen and oxygen atoms in total. The van der Waals surface area contributed by atoms with Crippen molar-refractivity contribution in [3.8, 4) is 45.0 Å². The van der Waals surface area contributed by atoms with Gasteiger partial charge in [0.2, 0.25) is 0 Å². The second kappa shape index (κ2) is 16.8. The fraction of sp³-hybridized carbons (Fsp3) is 0.154. The minimum atomic E-state index is -0.835. The number of aromatic nitrogens is 3. The zero-order valence-corrected chi connectivity index (χ0v) is 31.2. The maximum atomic E-state index is 14.4. The van der Waals surface area contributed by atoms with E-state index in [9.17, 15) is 26.3 Å². The van der Waals surface area contributed by atoms with Gasteiger partial charge in [-0.2, -0.15) is 0 Å². The first-order valence-electron chi connectivity index (χ1n) is 15.3. The Morgan fingerprint density at radius 1 is 0.462 bits per heavy atom. The SMILES string of the molecule is CN(C)c1cc(-c2[c-]cc(F)cc2F)nc(-c2[c-]cc(F)cc2F)c1.CN(C)c1ccnc(-c2[c-]c(-c3cc(N(C)C)ccn3)c(F)cc2F)c1.[Ir+3]. The number of anilines is 3. The number of halogens is 6. The Morgan fingerprint density at radius 3 is 1.19 bits per heavy atom. The van der Waals surface area contributed by atoms with E-state index in [4.69, 9.17) is 0 Å². The summed E-state index contributed by atoms with van der Waals surface area (Å²) in [7, 11) is 11.0. The molecule has 0 fully saturated rings. The molecule has 3 aromatic carbocycles. The van der Waals surface area contributed by atoms with Crippen LogP contribution in [0.25, 0.3) is 45.0 Å². The van der Waals surface area contributed by atoms with Gasteiger partial charge in [0.1, 0.15) is 0 Å². The molecule has 0 saturated carbocycles. The van der Waals surface area contributed by atoms with E-state index < -0.39 is 34.9 Å². The van der Waals surface area contributed by atoms with Crippen LogP contribution in [0, 0.1) is 53.1 Å². The van der Waals surface area contributed by atoms with E-state index >= 15 is 0 Å². The Morgan fingerprint density at radius 2 is 0.827 bits per heavy atom. The van der Waals surface area contributed by atoms with Gasteiger partial charge in [-0.25, -0.2) is 0 Å². The summed E-state index contributed by atoms with van der Waals surface area (Å²) in [5.74, 6) is -4.61. The van der Waals surface area contributed by atoms with E-state index in [1.54, 1.807) is 55.7 Å². The maximum absolute atomic E-state index is 14.4. The van der Waals surface area contributed by atoms with Crippen molar-refractivity contribution in [1.82, 2.24) is 15.0 Å². The zero-order chi connectivity index (χ0) is 37.0. The average Bonchev–Trinajstić information content (AvgIpc) is 3.08. The van der Waals surface area contributed by atoms with E-state index in [-0.39, 0.29) is 53.7 Å². The van der Waals surface area contributed by atoms with Crippen molar-refractivity contribution in [2.75, 3.05) is 57.0 Å². The van der Waals surface area contributed by atoms with Gasteiger partial charge in [-0.15, -0.1) is 30.3 Å². The summed E-state index contributed by atoms with van der Waals surface area (Å²) < 4.78 is 83.2. The smallest absolute Gasteiger partial charge is 0.379 e. The topological polar surface area (TPSA) is 48.4 Å². The van der Waals surface area contributed by atoms with Gasteiger partial charge >= 0.3 is 20.1 Å². The molecule has 6 rings (SSSR count). The van der Waals surface area contributed by atoms with Gasteiger partial charge < -0.3 is 19.7 Å². The maximum Gasteiger partial charge on any atom is 3.00 e. The third kappa shape index (κ3) is 9.15. The van der Waals surface area contributed by atoms with Crippen molar-refractivity contribution in [1.29, 1.82) is 0 Å². The Bertz CT molecular complexity index is 2050. The summed E-state index contributed by atoms with van der Waals surface area (Å²) in [6.45, 7) is 0. The van der Waals surface area contributed by atoms with Crippen molar-refractivity contribution < 1.29 is 46.4 Å². The molecule has 6 aromatic rings. The molecule has 3 heterocycles. The first-order valence-corrected chi connectivity index (χ1v) is 15.3. The number of benzene rings is 3. The van der Waals surface area contributed by atoms with Gasteiger partial charge in [0.15, 0.2) is 0 Å². The van der Waals surface area contributed by atoms with Crippen LogP contribution in [0.5, 0.6) is 0 Å². The molecule has 268 valence electrons. The van der Waals surface area contributed by atoms with Gasteiger partial charge in [-0.3, -0.25) is 36.3 Å². The van der Waals surface area contributed by atoms with E-state index in [2.05, 4.69) is 33.2 Å². The van der Waals surface area contributed by atoms with Crippen molar-refractivity contribution in [3.63, 3.8) is 0 Å². The molecule has 0 unspecified atom stereocenters. The van der Waals surface area contributed by atoms with Crippen LogP contribution < -0.4 is 14.7 Å². The molecule has 0 N–H and O–H groups in total. The van der Waals surface area contributed by atoms with Crippen LogP contribution in [0.1, 0.15) is 0 Å². The number of hydrogen-bond acceptors (Lipinski definition) is 6. The molecule has 3 aromatic heterocycles. The standard InChI is InChI=1S/C20H19F2N4.C19H12F4N2.Ir/c1-25(2)13-5-7-23-19(9-13)15-11-16(18(22)12-17(15)21)20-10-14(26(3)4)6-8-24-20;1-25(2)13-9-18(14-5-3-11(20)7-16(14)22)24-19(10-13)15-6-4-12(21)8-17(15)23;/h5-10,12H,1-4H3;3-4,7-10H,1-2H3;/q-1;-2;+3. The fourth-order valence-electron chi connectivity index (χ4n) is 4.85. The minimum absolute atomic E-state index is 0. The number of pyridine rings is 3. The number of nitrogens with zero attached hydrogens (tertiary/aromatic N) is 6. The third-order valence-electron chi connectivity index (χ3n) is 7.57. The molecule has 0 bridgehead atoms. The van der Waals surface area contributed by atoms with Gasteiger partial charge in [-0.05, 0) is 35.7 Å². The summed E-state index contributed by atoms with van der Waals surface area (Å²) in [5.41, 5.74) is 3.54. The van der Waals surface area contributed by atoms with Gasteiger partial charge in [0.05, 0.1) is 11.6 Å². The average molecular weight is 890 g/mol. The molecule has 0 saturated heterocycles. The molecule has 0 atom stereocenters. The summed E-state index contributed by atoms with van der Waals surface area (Å²) in [6.07, 6.45) is 3.18. The Kier molecular flexibility index (Phi) is 12.8. The summed E-state index contributed by atoms with van der Waals surface area (Å²) in [6, 6.07) is 22.3. The quantitative estimate of drug-likeness (QED) is 0.118. The molecule has 0 aliphatic carbocycles. The molecular weight excluding hydrogens is 859 g/mol. The van der Waals surface area contributed by atoms with Gasteiger partial charge in [-0.1, -0.05) is 52.6 Å². The van der Waals surface area contributed by atoms with Crippen LogP contribution in [-0.4, -0.2) is 57.2 Å². The second-order valence-corrected chi connectivity index (χ2v) is 11.9. The van der Waals surface area contributed by atoms with Crippen LogP contribution in [0.2, 0.25) is 0 Å². The minimum Gasteiger partial charge on any atom is -0.379 e. The molecule has 13 heteroatoms. The normalized spacial score (nSPS) is 10.5. The van der Waals surface area contributed by atoms with Crippen molar-refractivity contribution in [3.05, 3.63) is 132 Å². The van der Waals surface area contributed by atoms with E-state index in [1.165, 1.54) is 0 Å². The van der Waals surface area contributed by atoms with Crippen molar-refractivity contribution in [2.45, 2.75) is 0 Å². The van der Waals surface area contributed by atoms with Crippen LogP contribution in [-0.2, 0) is 20.1 Å². The third-order valence-corrected chi connectivity index (χ3v) is 7.57. The fourth-order valence-corrected chi connectivity index (χ4v) is 4.85. The van der Waals surface area contributed by atoms with Crippen LogP contribution in [0.4, 0.5) is 43.4 Å². The summed E-state index contributed by atoms with van der Waals surface area (Å²) >= 11 is 0. The van der Waals surface area contributed by atoms with Gasteiger partial charge in [0, 0.05) is 106 Å². The number of rotatable bonds is 7. The largest absolute Gasteiger partial charge is 3.00 e.